The summed E-state index contributed by atoms with van der Waals surface area (Å²) in [5.41, 5.74) is 8.33. The van der Waals surface area contributed by atoms with Crippen LogP contribution >= 0.6 is 0 Å². The molecule has 1 heteroatoms. The smallest absolute Gasteiger partial charge is 0.0794 e. The zero-order chi connectivity index (χ0) is 21.7. The normalized spacial score (nSPS) is 11.4. The molecule has 0 saturated heterocycles. The number of pyridine rings is 1. The molecular formula is C31H23N. The third-order valence-electron chi connectivity index (χ3n) is 6.56. The van der Waals surface area contributed by atoms with Gasteiger partial charge in [-0.05, 0) is 52.3 Å². The second-order valence-corrected chi connectivity index (χ2v) is 8.49. The minimum absolute atomic E-state index is 1.06. The Labute approximate surface area is 188 Å². The highest BCUT2D eigenvalue weighted by atomic mass is 14.7. The van der Waals surface area contributed by atoms with E-state index in [9.17, 15) is 0 Å². The topological polar surface area (TPSA) is 12.9 Å². The van der Waals surface area contributed by atoms with Gasteiger partial charge in [0.05, 0.1) is 11.2 Å². The zero-order valence-corrected chi connectivity index (χ0v) is 18.3. The van der Waals surface area contributed by atoms with Gasteiger partial charge in [-0.25, -0.2) is 4.98 Å². The van der Waals surface area contributed by atoms with Crippen molar-refractivity contribution in [3.05, 3.63) is 114 Å². The van der Waals surface area contributed by atoms with Crippen LogP contribution < -0.4 is 0 Å². The molecule has 0 fully saturated rings. The van der Waals surface area contributed by atoms with Crippen molar-refractivity contribution < 1.29 is 0 Å². The molecule has 0 aliphatic carbocycles. The van der Waals surface area contributed by atoms with Crippen molar-refractivity contribution in [3.63, 3.8) is 0 Å². The van der Waals surface area contributed by atoms with Crippen LogP contribution in [0.25, 0.3) is 54.8 Å². The Kier molecular flexibility index (Phi) is 4.29. The van der Waals surface area contributed by atoms with E-state index in [0.717, 1.165) is 11.2 Å². The maximum absolute atomic E-state index is 5.37. The van der Waals surface area contributed by atoms with Crippen LogP contribution in [0.4, 0.5) is 0 Å². The van der Waals surface area contributed by atoms with Crippen molar-refractivity contribution in [1.82, 2.24) is 4.98 Å². The van der Waals surface area contributed by atoms with Gasteiger partial charge in [0.25, 0.3) is 0 Å². The second kappa shape index (κ2) is 7.32. The molecule has 0 radical (unpaired) electrons. The number of hydrogen-bond donors (Lipinski definition) is 0. The molecule has 6 aromatic rings. The molecule has 0 unspecified atom stereocenters. The molecule has 1 aromatic heterocycles. The van der Waals surface area contributed by atoms with Gasteiger partial charge in [-0.3, -0.25) is 0 Å². The molecule has 5 aromatic carbocycles. The van der Waals surface area contributed by atoms with Gasteiger partial charge in [-0.15, -0.1) is 0 Å². The van der Waals surface area contributed by atoms with Gasteiger partial charge in [-0.1, -0.05) is 103 Å². The minimum atomic E-state index is 1.06. The van der Waals surface area contributed by atoms with Crippen LogP contribution in [0.1, 0.15) is 11.1 Å². The van der Waals surface area contributed by atoms with Gasteiger partial charge in [0.1, 0.15) is 0 Å². The first kappa shape index (κ1) is 18.8. The molecule has 0 amide bonds. The van der Waals surface area contributed by atoms with E-state index in [-0.39, 0.29) is 0 Å². The van der Waals surface area contributed by atoms with Crippen LogP contribution in [0.2, 0.25) is 0 Å². The number of nitrogens with zero attached hydrogens (tertiary/aromatic N) is 1. The number of rotatable bonds is 2. The molecule has 0 aliphatic heterocycles. The van der Waals surface area contributed by atoms with Gasteiger partial charge >= 0.3 is 0 Å². The highest BCUT2D eigenvalue weighted by molar-refractivity contribution is 6.12. The minimum Gasteiger partial charge on any atom is -0.247 e. The van der Waals surface area contributed by atoms with Crippen molar-refractivity contribution in [2.45, 2.75) is 13.8 Å². The lowest BCUT2D eigenvalue weighted by atomic mass is 9.88. The van der Waals surface area contributed by atoms with E-state index >= 15 is 0 Å². The maximum Gasteiger partial charge on any atom is 0.0794 e. The standard InChI is InChI=1S/C31H23N/c1-20-16-17-22-10-6-8-14-25(22)28(20)30-21(2)29(24-12-4-3-5-13-24)27-19-18-23-11-7-9-15-26(23)31(27)32-30/h3-19H,1-2H3. The van der Waals surface area contributed by atoms with Gasteiger partial charge in [0.2, 0.25) is 0 Å². The van der Waals surface area contributed by atoms with Crippen LogP contribution in [-0.2, 0) is 0 Å². The molecule has 0 spiro atoms. The highest BCUT2D eigenvalue weighted by Crippen LogP contribution is 2.41. The fourth-order valence-corrected chi connectivity index (χ4v) is 5.01. The summed E-state index contributed by atoms with van der Waals surface area (Å²) < 4.78 is 0. The Morgan fingerprint density at radius 1 is 0.500 bits per heavy atom. The van der Waals surface area contributed by atoms with Crippen LogP contribution in [0.5, 0.6) is 0 Å². The van der Waals surface area contributed by atoms with E-state index in [2.05, 4.69) is 117 Å². The lowest BCUT2D eigenvalue weighted by Gasteiger charge is -2.19. The molecule has 0 N–H and O–H groups in total. The lowest BCUT2D eigenvalue weighted by Crippen LogP contribution is -1.98. The summed E-state index contributed by atoms with van der Waals surface area (Å²) in [6.45, 7) is 4.42. The summed E-state index contributed by atoms with van der Waals surface area (Å²) in [5, 5.41) is 6.11. The number of benzene rings is 5. The van der Waals surface area contributed by atoms with Gasteiger partial charge < -0.3 is 0 Å². The Balaban J connectivity index is 1.83. The summed E-state index contributed by atoms with van der Waals surface area (Å²) in [4.78, 5) is 5.37. The first-order valence-electron chi connectivity index (χ1n) is 11.1. The first-order chi connectivity index (χ1) is 15.7. The predicted octanol–water partition coefficient (Wildman–Crippen LogP) is 8.49. The molecule has 0 bridgehead atoms. The third kappa shape index (κ3) is 2.82. The quantitative estimate of drug-likeness (QED) is 0.261. The molecule has 0 aliphatic rings. The SMILES string of the molecule is Cc1ccc2ccccc2c1-c1nc2c(ccc3ccccc32)c(-c2ccccc2)c1C. The second-order valence-electron chi connectivity index (χ2n) is 8.49. The summed E-state index contributed by atoms with van der Waals surface area (Å²) in [7, 11) is 0. The highest BCUT2D eigenvalue weighted by Gasteiger charge is 2.19. The van der Waals surface area contributed by atoms with Crippen LogP contribution in [0.15, 0.2) is 103 Å². The van der Waals surface area contributed by atoms with E-state index in [1.807, 2.05) is 0 Å². The predicted molar refractivity (Wildman–Crippen MR) is 137 cm³/mol. The Morgan fingerprint density at radius 3 is 1.91 bits per heavy atom. The zero-order valence-electron chi connectivity index (χ0n) is 18.3. The van der Waals surface area contributed by atoms with E-state index in [1.54, 1.807) is 0 Å². The molecule has 0 saturated carbocycles. The molecule has 1 nitrogen and oxygen atoms in total. The van der Waals surface area contributed by atoms with E-state index in [0.29, 0.717) is 0 Å². The largest absolute Gasteiger partial charge is 0.247 e. The molecule has 6 rings (SSSR count). The first-order valence-corrected chi connectivity index (χ1v) is 11.1. The Morgan fingerprint density at radius 2 is 1.12 bits per heavy atom. The molecular weight excluding hydrogens is 386 g/mol. The summed E-state index contributed by atoms with van der Waals surface area (Å²) in [6.07, 6.45) is 0. The van der Waals surface area contributed by atoms with E-state index in [4.69, 9.17) is 4.98 Å². The summed E-state index contributed by atoms with van der Waals surface area (Å²) in [5.74, 6) is 0. The maximum atomic E-state index is 5.37. The Bertz CT molecular complexity index is 1630. The number of aryl methyl sites for hydroxylation is 1. The number of fused-ring (bicyclic) bond motifs is 4. The monoisotopic (exact) mass is 409 g/mol. The Hall–Kier alpha value is -3.97. The molecule has 32 heavy (non-hydrogen) atoms. The van der Waals surface area contributed by atoms with Crippen LogP contribution in [0, 0.1) is 13.8 Å². The van der Waals surface area contributed by atoms with Crippen LogP contribution in [0.3, 0.4) is 0 Å². The van der Waals surface area contributed by atoms with Gasteiger partial charge in [0.15, 0.2) is 0 Å². The van der Waals surface area contributed by atoms with Crippen LogP contribution in [-0.4, -0.2) is 4.98 Å². The third-order valence-corrected chi connectivity index (χ3v) is 6.56. The van der Waals surface area contributed by atoms with Crippen molar-refractivity contribution in [3.8, 4) is 22.4 Å². The van der Waals surface area contributed by atoms with Crippen molar-refractivity contribution >= 4 is 32.4 Å². The molecule has 0 atom stereocenters. The van der Waals surface area contributed by atoms with E-state index in [1.165, 1.54) is 54.7 Å². The average Bonchev–Trinajstić information content (AvgIpc) is 2.84. The van der Waals surface area contributed by atoms with Crippen molar-refractivity contribution in [2.75, 3.05) is 0 Å². The number of hydrogen-bond acceptors (Lipinski definition) is 1. The average molecular weight is 410 g/mol. The summed E-state index contributed by atoms with van der Waals surface area (Å²) >= 11 is 0. The van der Waals surface area contributed by atoms with Crippen molar-refractivity contribution in [2.24, 2.45) is 0 Å². The van der Waals surface area contributed by atoms with E-state index < -0.39 is 0 Å². The lowest BCUT2D eigenvalue weighted by molar-refractivity contribution is 1.32. The fraction of sp³-hybridized carbons (Fsp3) is 0.0645. The molecule has 152 valence electrons. The van der Waals surface area contributed by atoms with Gasteiger partial charge in [0, 0.05) is 16.3 Å². The van der Waals surface area contributed by atoms with Crippen molar-refractivity contribution in [1.29, 1.82) is 0 Å². The summed E-state index contributed by atoms with van der Waals surface area (Å²) in [6, 6.07) is 36.8. The van der Waals surface area contributed by atoms with Gasteiger partial charge in [-0.2, -0.15) is 0 Å². The number of aromatic nitrogens is 1. The molecule has 1 heterocycles. The fourth-order valence-electron chi connectivity index (χ4n) is 5.01.